The van der Waals surface area contributed by atoms with Gasteiger partial charge in [0, 0.05) is 0 Å². The number of para-hydroxylation sites is 2. The maximum absolute atomic E-state index is 11.4. The van der Waals surface area contributed by atoms with E-state index in [0.29, 0.717) is 8.81 Å². The molecule has 0 bridgehead atoms. The van der Waals surface area contributed by atoms with Gasteiger partial charge >= 0.3 is 5.97 Å². The highest BCUT2D eigenvalue weighted by Crippen LogP contribution is 2.28. The molecule has 0 fully saturated rings. The van der Waals surface area contributed by atoms with Crippen molar-refractivity contribution in [2.24, 2.45) is 0 Å². The molecule has 18 heavy (non-hydrogen) atoms. The molecule has 0 spiro atoms. The van der Waals surface area contributed by atoms with E-state index >= 15 is 0 Å². The quantitative estimate of drug-likeness (QED) is 0.610. The molecular weight excluding hydrogens is 249 g/mol. The van der Waals surface area contributed by atoms with Crippen molar-refractivity contribution in [3.8, 4) is 5.75 Å². The first-order chi connectivity index (χ1) is 8.63. The van der Waals surface area contributed by atoms with Gasteiger partial charge < -0.3 is 14.6 Å². The van der Waals surface area contributed by atoms with Crippen molar-refractivity contribution in [1.29, 1.82) is 0 Å². The summed E-state index contributed by atoms with van der Waals surface area (Å²) in [7, 11) is 0.428. The number of esters is 1. The van der Waals surface area contributed by atoms with Crippen LogP contribution in [0.1, 0.15) is 20.8 Å². The summed E-state index contributed by atoms with van der Waals surface area (Å²) in [6.45, 7) is 5.87. The smallest absolute Gasteiger partial charge is 0.325 e. The fourth-order valence-corrected chi connectivity index (χ4v) is 1.80. The molecule has 0 aliphatic rings. The van der Waals surface area contributed by atoms with Gasteiger partial charge in [-0.25, -0.2) is 0 Å². The monoisotopic (exact) mass is 269 g/mol. The van der Waals surface area contributed by atoms with Crippen LogP contribution in [0.4, 0.5) is 5.69 Å². The second-order valence-corrected chi connectivity index (χ2v) is 5.19. The van der Waals surface area contributed by atoms with Crippen molar-refractivity contribution in [2.75, 3.05) is 18.0 Å². The third-order valence-electron chi connectivity index (χ3n) is 2.00. The van der Waals surface area contributed by atoms with E-state index in [0.717, 1.165) is 17.6 Å². The number of nitrogens with one attached hydrogen (secondary N) is 1. The molecule has 0 aliphatic carbocycles. The minimum atomic E-state index is -0.266. The van der Waals surface area contributed by atoms with Crippen molar-refractivity contribution in [1.82, 2.24) is 0 Å². The molecule has 0 aliphatic heterocycles. The Morgan fingerprint density at radius 1 is 1.39 bits per heavy atom. The highest BCUT2D eigenvalue weighted by molar-refractivity contribution is 7.32. The third kappa shape index (κ3) is 5.37. The summed E-state index contributed by atoms with van der Waals surface area (Å²) in [5, 5.41) is 3.03. The van der Waals surface area contributed by atoms with Crippen LogP contribution in [-0.2, 0) is 9.53 Å². The standard InChI is InChI=1S/C13H20NO3P/c1-4-18-17-12-8-6-5-7-11(12)14-9-13(15)16-10(2)3/h5-8,10,14,18H,4,9H2,1-3H3. The average molecular weight is 269 g/mol. The molecule has 100 valence electrons. The lowest BCUT2D eigenvalue weighted by atomic mass is 10.3. The summed E-state index contributed by atoms with van der Waals surface area (Å²) >= 11 is 0. The van der Waals surface area contributed by atoms with Crippen molar-refractivity contribution in [3.63, 3.8) is 0 Å². The van der Waals surface area contributed by atoms with Gasteiger partial charge in [0.05, 0.1) is 20.6 Å². The molecule has 1 aromatic rings. The van der Waals surface area contributed by atoms with Crippen LogP contribution in [-0.4, -0.2) is 24.8 Å². The zero-order chi connectivity index (χ0) is 13.4. The SMILES string of the molecule is CCPOc1ccccc1NCC(=O)OC(C)C. The van der Waals surface area contributed by atoms with E-state index in [2.05, 4.69) is 12.2 Å². The van der Waals surface area contributed by atoms with Gasteiger partial charge in [0.25, 0.3) is 0 Å². The predicted octanol–water partition coefficient (Wildman–Crippen LogP) is 3.04. The van der Waals surface area contributed by atoms with Crippen LogP contribution in [0.5, 0.6) is 5.75 Å². The van der Waals surface area contributed by atoms with Gasteiger partial charge in [0.15, 0.2) is 0 Å². The van der Waals surface area contributed by atoms with Crippen LogP contribution < -0.4 is 9.84 Å². The topological polar surface area (TPSA) is 47.6 Å². The maximum Gasteiger partial charge on any atom is 0.325 e. The summed E-state index contributed by atoms with van der Waals surface area (Å²) in [6.07, 6.45) is 0.886. The van der Waals surface area contributed by atoms with E-state index in [1.165, 1.54) is 0 Å². The number of ether oxygens (including phenoxy) is 1. The Labute approximate surface area is 110 Å². The van der Waals surface area contributed by atoms with E-state index in [1.807, 2.05) is 38.1 Å². The Morgan fingerprint density at radius 2 is 2.11 bits per heavy atom. The van der Waals surface area contributed by atoms with Gasteiger partial charge in [0.2, 0.25) is 0 Å². The Bertz CT molecular complexity index is 382. The second kappa shape index (κ2) is 7.93. The first-order valence-electron chi connectivity index (χ1n) is 6.05. The van der Waals surface area contributed by atoms with Gasteiger partial charge in [-0.2, -0.15) is 0 Å². The molecule has 0 heterocycles. The molecule has 1 atom stereocenters. The second-order valence-electron chi connectivity index (χ2n) is 3.99. The first-order valence-corrected chi connectivity index (χ1v) is 7.17. The van der Waals surface area contributed by atoms with Crippen molar-refractivity contribution in [2.45, 2.75) is 26.9 Å². The number of rotatable bonds is 7. The molecule has 0 aromatic heterocycles. The Balaban J connectivity index is 2.53. The summed E-state index contributed by atoms with van der Waals surface area (Å²) in [5.74, 6) is 0.507. The van der Waals surface area contributed by atoms with Gasteiger partial charge in [-0.05, 0) is 32.1 Å². The minimum absolute atomic E-state index is 0.0904. The first kappa shape index (κ1) is 14.8. The van der Waals surface area contributed by atoms with Crippen LogP contribution >= 0.6 is 8.81 Å². The lowest BCUT2D eigenvalue weighted by molar-refractivity contribution is -0.145. The number of hydrogen-bond donors (Lipinski definition) is 1. The van der Waals surface area contributed by atoms with Gasteiger partial charge in [-0.3, -0.25) is 4.79 Å². The van der Waals surface area contributed by atoms with Gasteiger partial charge in [0.1, 0.15) is 12.3 Å². The van der Waals surface area contributed by atoms with Crippen molar-refractivity contribution in [3.05, 3.63) is 24.3 Å². The lowest BCUT2D eigenvalue weighted by Gasteiger charge is -2.13. The Kier molecular flexibility index (Phi) is 6.51. The van der Waals surface area contributed by atoms with Crippen molar-refractivity contribution >= 4 is 20.5 Å². The molecule has 1 N–H and O–H groups in total. The van der Waals surface area contributed by atoms with Crippen LogP contribution in [0.25, 0.3) is 0 Å². The molecule has 0 saturated carbocycles. The molecule has 0 saturated heterocycles. The predicted molar refractivity (Wildman–Crippen MR) is 75.6 cm³/mol. The summed E-state index contributed by atoms with van der Waals surface area (Å²) < 4.78 is 10.7. The maximum atomic E-state index is 11.4. The van der Waals surface area contributed by atoms with E-state index in [4.69, 9.17) is 9.26 Å². The van der Waals surface area contributed by atoms with Crippen LogP contribution in [0.3, 0.4) is 0 Å². The molecule has 0 amide bonds. The Hall–Kier alpha value is -1.28. The summed E-state index contributed by atoms with van der Waals surface area (Å²) in [5.41, 5.74) is 0.819. The largest absolute Gasteiger partial charge is 0.475 e. The van der Waals surface area contributed by atoms with Crippen LogP contribution in [0, 0.1) is 0 Å². The van der Waals surface area contributed by atoms with Crippen LogP contribution in [0.2, 0.25) is 0 Å². The number of benzene rings is 1. The molecule has 0 radical (unpaired) electrons. The third-order valence-corrected chi connectivity index (χ3v) is 2.66. The van der Waals surface area contributed by atoms with E-state index < -0.39 is 0 Å². The fraction of sp³-hybridized carbons (Fsp3) is 0.462. The minimum Gasteiger partial charge on any atom is -0.475 e. The molecule has 4 nitrogen and oxygen atoms in total. The highest BCUT2D eigenvalue weighted by Gasteiger charge is 2.07. The highest BCUT2D eigenvalue weighted by atomic mass is 31.1. The number of anilines is 1. The van der Waals surface area contributed by atoms with E-state index in [1.54, 1.807) is 0 Å². The van der Waals surface area contributed by atoms with Gasteiger partial charge in [-0.1, -0.05) is 19.1 Å². The fourth-order valence-electron chi connectivity index (χ4n) is 1.32. The molecular formula is C13H20NO3P. The number of carbonyl (C=O) groups excluding carboxylic acids is 1. The number of hydrogen-bond acceptors (Lipinski definition) is 4. The lowest BCUT2D eigenvalue weighted by Crippen LogP contribution is -2.20. The zero-order valence-electron chi connectivity index (χ0n) is 11.0. The van der Waals surface area contributed by atoms with E-state index in [-0.39, 0.29) is 18.6 Å². The normalized spacial score (nSPS) is 10.9. The average Bonchev–Trinajstić information content (AvgIpc) is 2.34. The molecule has 1 aromatic carbocycles. The summed E-state index contributed by atoms with van der Waals surface area (Å²) in [4.78, 5) is 11.4. The van der Waals surface area contributed by atoms with Crippen molar-refractivity contribution < 1.29 is 14.1 Å². The molecule has 5 heteroatoms. The molecule has 1 unspecified atom stereocenters. The van der Waals surface area contributed by atoms with Crippen LogP contribution in [0.15, 0.2) is 24.3 Å². The zero-order valence-corrected chi connectivity index (χ0v) is 12.0. The molecule has 1 rings (SSSR count). The summed E-state index contributed by atoms with van der Waals surface area (Å²) in [6, 6.07) is 7.59. The number of carbonyl (C=O) groups is 1. The van der Waals surface area contributed by atoms with E-state index in [9.17, 15) is 4.79 Å². The Morgan fingerprint density at radius 3 is 2.78 bits per heavy atom. The van der Waals surface area contributed by atoms with Gasteiger partial charge in [-0.15, -0.1) is 0 Å².